The maximum atomic E-state index is 13.6. The van der Waals surface area contributed by atoms with Gasteiger partial charge in [-0.25, -0.2) is 19.2 Å². The van der Waals surface area contributed by atoms with Crippen LogP contribution in [0.4, 0.5) is 10.1 Å². The number of tetrazole rings is 1. The van der Waals surface area contributed by atoms with Gasteiger partial charge in [0.15, 0.2) is 0 Å². The summed E-state index contributed by atoms with van der Waals surface area (Å²) in [6.07, 6.45) is 4.59. The molecule has 4 heterocycles. The predicted octanol–water partition coefficient (Wildman–Crippen LogP) is 0.969. The van der Waals surface area contributed by atoms with Gasteiger partial charge in [0.05, 0.1) is 31.7 Å². The Morgan fingerprint density at radius 1 is 1.24 bits per heavy atom. The average Bonchev–Trinajstić information content (AvgIpc) is 3.39. The number of aromatic nitrogens is 6. The van der Waals surface area contributed by atoms with E-state index < -0.39 is 5.82 Å². The molecule has 0 unspecified atom stereocenters. The second-order valence-electron chi connectivity index (χ2n) is 7.96. The third-order valence-electron chi connectivity index (χ3n) is 5.91. The van der Waals surface area contributed by atoms with Crippen LogP contribution in [0.5, 0.6) is 0 Å². The smallest absolute Gasteiger partial charge is 0.253 e. The molecule has 2 aliphatic heterocycles. The zero-order chi connectivity index (χ0) is 22.8. The second kappa shape index (κ2) is 8.97. The Labute approximate surface area is 188 Å². The van der Waals surface area contributed by atoms with Gasteiger partial charge in [-0.2, -0.15) is 4.68 Å². The van der Waals surface area contributed by atoms with E-state index in [-0.39, 0.29) is 30.2 Å². The summed E-state index contributed by atoms with van der Waals surface area (Å²) in [5, 5.41) is 10.8. The molecule has 2 saturated heterocycles. The largest absolute Gasteiger partial charge is 0.371 e. The number of ether oxygens (including phenoxy) is 1. The first-order valence-corrected chi connectivity index (χ1v) is 10.5. The molecule has 2 atom stereocenters. The van der Waals surface area contributed by atoms with Crippen molar-refractivity contribution in [3.05, 3.63) is 65.3 Å². The van der Waals surface area contributed by atoms with Crippen molar-refractivity contribution in [2.45, 2.75) is 18.6 Å². The van der Waals surface area contributed by atoms with Crippen LogP contribution in [0.1, 0.15) is 17.2 Å². The van der Waals surface area contributed by atoms with Gasteiger partial charge in [0.2, 0.25) is 11.6 Å². The molecule has 0 N–H and O–H groups in total. The molecule has 2 fully saturated rings. The van der Waals surface area contributed by atoms with Crippen molar-refractivity contribution < 1.29 is 13.9 Å². The van der Waals surface area contributed by atoms with Crippen LogP contribution in [-0.2, 0) is 16.0 Å². The minimum absolute atomic E-state index is 0.00334. The normalized spacial score (nSPS) is 20.8. The summed E-state index contributed by atoms with van der Waals surface area (Å²) in [5.41, 5.74) is 1.51. The highest BCUT2D eigenvalue weighted by Crippen LogP contribution is 2.30. The topological polar surface area (TPSA) is 107 Å². The van der Waals surface area contributed by atoms with Gasteiger partial charge in [0.25, 0.3) is 5.95 Å². The zero-order valence-corrected chi connectivity index (χ0v) is 17.6. The molecule has 2 aliphatic rings. The number of piperazine rings is 1. The standard InChI is InChI=1S/C21H20FN9O2/c1-23-18-7-15(2-3-17(18)22)19-11-29-4-5-30(10-16(29)12-33-19)20(32)6-14-8-24-21(25-9-14)31-13-26-27-28-31/h2-3,7-9,13,16,19H,4-6,10-12H2/t16-,19-/m0/s1. The predicted molar refractivity (Wildman–Crippen MR) is 112 cm³/mol. The molecule has 168 valence electrons. The first-order valence-electron chi connectivity index (χ1n) is 10.5. The van der Waals surface area contributed by atoms with Gasteiger partial charge in [-0.3, -0.25) is 9.69 Å². The molecule has 33 heavy (non-hydrogen) atoms. The van der Waals surface area contributed by atoms with E-state index in [4.69, 9.17) is 11.3 Å². The number of nitrogens with zero attached hydrogens (tertiary/aromatic N) is 9. The minimum Gasteiger partial charge on any atom is -0.371 e. The third-order valence-corrected chi connectivity index (χ3v) is 5.91. The van der Waals surface area contributed by atoms with Crippen molar-refractivity contribution in [2.24, 2.45) is 0 Å². The van der Waals surface area contributed by atoms with E-state index in [0.29, 0.717) is 37.8 Å². The lowest BCUT2D eigenvalue weighted by atomic mass is 10.0. The number of fused-ring (bicyclic) bond motifs is 1. The van der Waals surface area contributed by atoms with Crippen molar-refractivity contribution in [3.63, 3.8) is 0 Å². The van der Waals surface area contributed by atoms with Gasteiger partial charge in [-0.1, -0.05) is 6.07 Å². The molecule has 1 aromatic carbocycles. The number of halogens is 1. The lowest BCUT2D eigenvalue weighted by Gasteiger charge is -2.46. The first-order chi connectivity index (χ1) is 16.1. The van der Waals surface area contributed by atoms with Gasteiger partial charge in [-0.05, 0) is 33.7 Å². The van der Waals surface area contributed by atoms with E-state index in [1.165, 1.54) is 17.1 Å². The monoisotopic (exact) mass is 449 g/mol. The fraction of sp³-hybridized carbons (Fsp3) is 0.381. The van der Waals surface area contributed by atoms with Crippen LogP contribution in [0, 0.1) is 12.4 Å². The summed E-state index contributed by atoms with van der Waals surface area (Å²) in [6, 6.07) is 4.63. The highest BCUT2D eigenvalue weighted by atomic mass is 19.1. The van der Waals surface area contributed by atoms with Crippen LogP contribution in [0.25, 0.3) is 10.8 Å². The summed E-state index contributed by atoms with van der Waals surface area (Å²) >= 11 is 0. The molecule has 2 aromatic heterocycles. The maximum absolute atomic E-state index is 13.6. The molecule has 0 saturated carbocycles. The Balaban J connectivity index is 1.17. The maximum Gasteiger partial charge on any atom is 0.253 e. The molecular weight excluding hydrogens is 429 g/mol. The van der Waals surface area contributed by atoms with Crippen molar-refractivity contribution in [1.82, 2.24) is 40.0 Å². The Morgan fingerprint density at radius 2 is 2.09 bits per heavy atom. The van der Waals surface area contributed by atoms with Crippen molar-refractivity contribution >= 4 is 11.6 Å². The number of benzene rings is 1. The molecule has 5 rings (SSSR count). The molecule has 0 radical (unpaired) electrons. The molecule has 1 amide bonds. The fourth-order valence-electron chi connectivity index (χ4n) is 4.12. The van der Waals surface area contributed by atoms with Gasteiger partial charge < -0.3 is 9.64 Å². The number of carbonyl (C=O) groups is 1. The first kappa shape index (κ1) is 21.0. The van der Waals surface area contributed by atoms with Crippen LogP contribution in [0.15, 0.2) is 36.9 Å². The Hall–Kier alpha value is -3.82. The summed E-state index contributed by atoms with van der Waals surface area (Å²) < 4.78 is 21.0. The summed E-state index contributed by atoms with van der Waals surface area (Å²) in [4.78, 5) is 28.6. The summed E-state index contributed by atoms with van der Waals surface area (Å²) in [5.74, 6) is -0.177. The number of hydrogen-bond donors (Lipinski definition) is 0. The average molecular weight is 449 g/mol. The molecule has 12 heteroatoms. The third kappa shape index (κ3) is 4.41. The van der Waals surface area contributed by atoms with E-state index in [1.54, 1.807) is 24.5 Å². The molecule has 0 aliphatic carbocycles. The number of amides is 1. The van der Waals surface area contributed by atoms with Crippen LogP contribution in [0.3, 0.4) is 0 Å². The van der Waals surface area contributed by atoms with Gasteiger partial charge in [0.1, 0.15) is 12.1 Å². The van der Waals surface area contributed by atoms with Crippen LogP contribution < -0.4 is 0 Å². The number of morpholine rings is 1. The van der Waals surface area contributed by atoms with Crippen molar-refractivity contribution in [2.75, 3.05) is 32.8 Å². The van der Waals surface area contributed by atoms with Crippen LogP contribution in [0.2, 0.25) is 0 Å². The molecule has 3 aromatic rings. The SMILES string of the molecule is [C-]#[N+]c1cc([C@@H]2CN3CCN(C(=O)Cc4cnc(-n5cnnn5)nc4)C[C@H]3CO2)ccc1F. The second-order valence-corrected chi connectivity index (χ2v) is 7.96. The molecule has 0 spiro atoms. The van der Waals surface area contributed by atoms with Crippen LogP contribution in [-0.4, -0.2) is 84.7 Å². The van der Waals surface area contributed by atoms with E-state index in [9.17, 15) is 9.18 Å². The minimum atomic E-state index is -0.523. The van der Waals surface area contributed by atoms with Crippen molar-refractivity contribution in [1.29, 1.82) is 0 Å². The van der Waals surface area contributed by atoms with E-state index in [0.717, 1.165) is 12.1 Å². The Bertz CT molecular complexity index is 1180. The van der Waals surface area contributed by atoms with Gasteiger partial charge >= 0.3 is 0 Å². The van der Waals surface area contributed by atoms with E-state index >= 15 is 0 Å². The highest BCUT2D eigenvalue weighted by molar-refractivity contribution is 5.78. The summed E-state index contributed by atoms with van der Waals surface area (Å²) in [7, 11) is 0. The number of carbonyl (C=O) groups excluding carboxylic acids is 1. The highest BCUT2D eigenvalue weighted by Gasteiger charge is 2.35. The molecule has 0 bridgehead atoms. The van der Waals surface area contributed by atoms with Crippen LogP contribution >= 0.6 is 0 Å². The Morgan fingerprint density at radius 3 is 2.85 bits per heavy atom. The summed E-state index contributed by atoms with van der Waals surface area (Å²) in [6.45, 7) is 10.1. The lowest BCUT2D eigenvalue weighted by Crippen LogP contribution is -2.59. The molecular formula is C21H20FN9O2. The van der Waals surface area contributed by atoms with E-state index in [2.05, 4.69) is 35.2 Å². The zero-order valence-electron chi connectivity index (χ0n) is 17.6. The van der Waals surface area contributed by atoms with Gasteiger partial charge in [0, 0.05) is 38.6 Å². The number of rotatable bonds is 4. The fourth-order valence-corrected chi connectivity index (χ4v) is 4.12. The quantitative estimate of drug-likeness (QED) is 0.543. The number of hydrogen-bond acceptors (Lipinski definition) is 8. The van der Waals surface area contributed by atoms with Gasteiger partial charge in [-0.15, -0.1) is 5.10 Å². The Kier molecular flexibility index (Phi) is 5.72. The van der Waals surface area contributed by atoms with E-state index in [1.807, 2.05) is 4.90 Å². The lowest BCUT2D eigenvalue weighted by molar-refractivity contribution is -0.139. The van der Waals surface area contributed by atoms with Crippen molar-refractivity contribution in [3.8, 4) is 5.95 Å². The molecule has 11 nitrogen and oxygen atoms in total.